The van der Waals surface area contributed by atoms with Gasteiger partial charge in [0.2, 0.25) is 15.5 Å². The third-order valence-corrected chi connectivity index (χ3v) is 8.05. The third-order valence-electron chi connectivity index (χ3n) is 5.91. The van der Waals surface area contributed by atoms with Gasteiger partial charge in [-0.15, -0.1) is 5.10 Å². The second-order valence-corrected chi connectivity index (χ2v) is 11.3. The van der Waals surface area contributed by atoms with Gasteiger partial charge in [-0.25, -0.2) is 17.5 Å². The summed E-state index contributed by atoms with van der Waals surface area (Å²) in [5.41, 5.74) is 1.66. The molecule has 0 aliphatic rings. The molecule has 2 aromatic heterocycles. The van der Waals surface area contributed by atoms with Gasteiger partial charge >= 0.3 is 0 Å². The van der Waals surface area contributed by atoms with E-state index >= 15 is 0 Å². The highest BCUT2D eigenvalue weighted by Crippen LogP contribution is 2.21. The van der Waals surface area contributed by atoms with E-state index in [9.17, 15) is 22.4 Å². The number of halogens is 2. The van der Waals surface area contributed by atoms with Crippen molar-refractivity contribution in [3.05, 3.63) is 110 Å². The average Bonchev–Trinajstić information content (AvgIpc) is 3.47. The SMILES string of the molecule is O=C(NCc1ccc(Cl)cc1)c1c[nH]c2c(F)cc(S(=O)(=O)NCc3ccc(-c4csnn4)cc3)cc2c1=O. The van der Waals surface area contributed by atoms with Crippen LogP contribution < -0.4 is 15.5 Å². The summed E-state index contributed by atoms with van der Waals surface area (Å²) in [6, 6.07) is 15.7. The molecule has 5 aromatic rings. The summed E-state index contributed by atoms with van der Waals surface area (Å²) < 4.78 is 47.0. The monoisotopic (exact) mass is 583 g/mol. The van der Waals surface area contributed by atoms with Gasteiger partial charge in [-0.1, -0.05) is 52.5 Å². The first kappa shape index (κ1) is 26.6. The first-order chi connectivity index (χ1) is 18.7. The second kappa shape index (κ2) is 11.0. The largest absolute Gasteiger partial charge is 0.358 e. The number of amides is 1. The molecule has 0 radical (unpaired) electrons. The molecule has 3 aromatic carbocycles. The number of pyridine rings is 1. The summed E-state index contributed by atoms with van der Waals surface area (Å²) in [6.45, 7) is 0.0584. The van der Waals surface area contributed by atoms with Crippen LogP contribution in [0.1, 0.15) is 21.5 Å². The summed E-state index contributed by atoms with van der Waals surface area (Å²) in [5.74, 6) is -1.64. The van der Waals surface area contributed by atoms with Crippen LogP contribution in [0.4, 0.5) is 4.39 Å². The lowest BCUT2D eigenvalue weighted by atomic mass is 10.1. The minimum Gasteiger partial charge on any atom is -0.358 e. The van der Waals surface area contributed by atoms with Gasteiger partial charge in [0.1, 0.15) is 17.1 Å². The molecule has 0 bridgehead atoms. The zero-order chi connectivity index (χ0) is 27.6. The van der Waals surface area contributed by atoms with Crippen molar-refractivity contribution in [2.75, 3.05) is 0 Å². The number of hydrogen-bond acceptors (Lipinski definition) is 7. The molecule has 0 aliphatic carbocycles. The number of carbonyl (C=O) groups is 1. The molecule has 0 spiro atoms. The minimum absolute atomic E-state index is 0.0684. The van der Waals surface area contributed by atoms with Crippen LogP contribution in [0.2, 0.25) is 5.02 Å². The van der Waals surface area contributed by atoms with Gasteiger partial charge in [0.15, 0.2) is 0 Å². The van der Waals surface area contributed by atoms with E-state index in [1.165, 1.54) is 11.5 Å². The molecule has 5 rings (SSSR count). The van der Waals surface area contributed by atoms with E-state index in [1.807, 2.05) is 0 Å². The quantitative estimate of drug-likeness (QED) is 0.250. The van der Waals surface area contributed by atoms with E-state index in [-0.39, 0.29) is 29.6 Å². The topological polar surface area (TPSA) is 134 Å². The molecule has 0 atom stereocenters. The number of aromatic nitrogens is 3. The highest BCUT2D eigenvalue weighted by Gasteiger charge is 2.21. The first-order valence-corrected chi connectivity index (χ1v) is 14.1. The Labute approximate surface area is 230 Å². The van der Waals surface area contributed by atoms with Crippen LogP contribution in [0.5, 0.6) is 0 Å². The highest BCUT2D eigenvalue weighted by atomic mass is 35.5. The number of hydrogen-bond donors (Lipinski definition) is 3. The van der Waals surface area contributed by atoms with Crippen LogP contribution in [-0.4, -0.2) is 28.9 Å². The predicted octanol–water partition coefficient (Wildman–Crippen LogP) is 4.25. The molecule has 39 heavy (non-hydrogen) atoms. The number of nitrogens with zero attached hydrogens (tertiary/aromatic N) is 2. The number of nitrogens with one attached hydrogen (secondary N) is 3. The van der Waals surface area contributed by atoms with Gasteiger partial charge in [0.25, 0.3) is 5.91 Å². The highest BCUT2D eigenvalue weighted by molar-refractivity contribution is 7.89. The Balaban J connectivity index is 1.35. The molecular weight excluding hydrogens is 565 g/mol. The maximum absolute atomic E-state index is 14.9. The molecule has 2 heterocycles. The summed E-state index contributed by atoms with van der Waals surface area (Å²) >= 11 is 7.09. The van der Waals surface area contributed by atoms with Crippen molar-refractivity contribution in [3.8, 4) is 11.3 Å². The Morgan fingerprint density at radius 2 is 1.72 bits per heavy atom. The van der Waals surface area contributed by atoms with Crippen molar-refractivity contribution in [3.63, 3.8) is 0 Å². The number of fused-ring (bicyclic) bond motifs is 1. The Bertz CT molecular complexity index is 1830. The Kier molecular flexibility index (Phi) is 7.53. The van der Waals surface area contributed by atoms with Crippen molar-refractivity contribution in [1.29, 1.82) is 0 Å². The zero-order valence-electron chi connectivity index (χ0n) is 19.9. The average molecular weight is 584 g/mol. The Morgan fingerprint density at radius 3 is 2.41 bits per heavy atom. The fourth-order valence-corrected chi connectivity index (χ4v) is 5.46. The molecular formula is C26H19ClFN5O4S2. The number of aromatic amines is 1. The number of H-pyrrole nitrogens is 1. The summed E-state index contributed by atoms with van der Waals surface area (Å²) in [6.07, 6.45) is 1.10. The molecule has 0 saturated heterocycles. The van der Waals surface area contributed by atoms with Crippen LogP contribution in [0.25, 0.3) is 22.2 Å². The van der Waals surface area contributed by atoms with Crippen LogP contribution in [0.15, 0.2) is 81.9 Å². The van der Waals surface area contributed by atoms with Gasteiger partial charge in [-0.3, -0.25) is 9.59 Å². The first-order valence-electron chi connectivity index (χ1n) is 11.4. The van der Waals surface area contributed by atoms with Crippen LogP contribution in [0.3, 0.4) is 0 Å². The van der Waals surface area contributed by atoms with Gasteiger partial charge in [-0.2, -0.15) is 0 Å². The molecule has 198 valence electrons. The molecule has 9 nitrogen and oxygen atoms in total. The molecule has 3 N–H and O–H groups in total. The smallest absolute Gasteiger partial charge is 0.257 e. The molecule has 0 saturated carbocycles. The van der Waals surface area contributed by atoms with Crippen LogP contribution in [0, 0.1) is 5.82 Å². The second-order valence-electron chi connectivity index (χ2n) is 8.48. The lowest BCUT2D eigenvalue weighted by Crippen LogP contribution is -2.29. The normalized spacial score (nSPS) is 11.5. The van der Waals surface area contributed by atoms with Gasteiger partial charge in [0, 0.05) is 35.3 Å². The Morgan fingerprint density at radius 1 is 1.03 bits per heavy atom. The molecule has 0 unspecified atom stereocenters. The summed E-state index contributed by atoms with van der Waals surface area (Å²) in [5, 5.41) is 8.68. The van der Waals surface area contributed by atoms with Crippen molar-refractivity contribution in [2.24, 2.45) is 0 Å². The standard InChI is InChI=1S/C26H19ClFN5O4S2/c27-18-7-3-15(4-8-18)11-30-26(35)21-13-29-24-20(25(21)34)9-19(10-22(24)28)39(36,37)31-12-16-1-5-17(6-2-16)23-14-38-33-32-23/h1-10,13-14,31H,11-12H2,(H,29,34)(H,30,35). The van der Waals surface area contributed by atoms with Crippen molar-refractivity contribution >= 4 is 50.0 Å². The predicted molar refractivity (Wildman–Crippen MR) is 147 cm³/mol. The number of carbonyl (C=O) groups excluding carboxylic acids is 1. The van der Waals surface area contributed by atoms with Crippen LogP contribution >= 0.6 is 23.1 Å². The van der Waals surface area contributed by atoms with Crippen molar-refractivity contribution in [1.82, 2.24) is 24.6 Å². The fraction of sp³-hybridized carbons (Fsp3) is 0.0769. The van der Waals surface area contributed by atoms with Gasteiger partial charge in [-0.05, 0) is 46.9 Å². The number of sulfonamides is 1. The van der Waals surface area contributed by atoms with E-state index in [0.29, 0.717) is 16.3 Å². The fourth-order valence-electron chi connectivity index (χ4n) is 3.81. The van der Waals surface area contributed by atoms with Crippen molar-refractivity contribution < 1.29 is 17.6 Å². The summed E-state index contributed by atoms with van der Waals surface area (Å²) in [4.78, 5) is 27.9. The molecule has 0 aliphatic heterocycles. The minimum atomic E-state index is -4.20. The molecule has 13 heteroatoms. The van der Waals surface area contributed by atoms with E-state index in [4.69, 9.17) is 11.6 Å². The van der Waals surface area contributed by atoms with Crippen molar-refractivity contribution in [2.45, 2.75) is 18.0 Å². The van der Waals surface area contributed by atoms with Crippen LogP contribution in [-0.2, 0) is 23.1 Å². The maximum Gasteiger partial charge on any atom is 0.257 e. The molecule has 1 amide bonds. The molecule has 0 fully saturated rings. The lowest BCUT2D eigenvalue weighted by Gasteiger charge is -2.10. The van der Waals surface area contributed by atoms with E-state index in [1.54, 1.807) is 53.9 Å². The maximum atomic E-state index is 14.9. The third kappa shape index (κ3) is 5.88. The lowest BCUT2D eigenvalue weighted by molar-refractivity contribution is 0.0949. The van der Waals surface area contributed by atoms with Gasteiger partial charge in [0.05, 0.1) is 15.8 Å². The number of rotatable bonds is 8. The number of benzene rings is 3. The Hall–Kier alpha value is -3.97. The van der Waals surface area contributed by atoms with E-state index in [2.05, 4.69) is 24.6 Å². The van der Waals surface area contributed by atoms with E-state index in [0.717, 1.165) is 29.5 Å². The van der Waals surface area contributed by atoms with Gasteiger partial charge < -0.3 is 10.3 Å². The zero-order valence-corrected chi connectivity index (χ0v) is 22.3. The van der Waals surface area contributed by atoms with E-state index < -0.39 is 32.1 Å². The summed E-state index contributed by atoms with van der Waals surface area (Å²) in [7, 11) is -4.20.